The maximum Gasteiger partial charge on any atom is 0.265 e. The lowest BCUT2D eigenvalue weighted by molar-refractivity contribution is -0.122. The standard InChI is InChI=1S/C23H27N3O5S/c1-3-30-22-12-11-20(32(28,29)26-13-5-4-6-14-26)15-21(22)25-23(27)17(2)31-19-9-7-18(16-24)8-10-19/h7-12,15,17H,3-6,13-14H2,1-2H3,(H,25,27). The molecule has 1 aliphatic rings. The zero-order valence-electron chi connectivity index (χ0n) is 18.2. The first-order chi connectivity index (χ1) is 15.3. The zero-order valence-corrected chi connectivity index (χ0v) is 19.0. The molecule has 0 radical (unpaired) electrons. The van der Waals surface area contributed by atoms with E-state index in [9.17, 15) is 13.2 Å². The molecule has 1 heterocycles. The molecule has 1 aliphatic heterocycles. The van der Waals surface area contributed by atoms with Gasteiger partial charge in [-0.25, -0.2) is 8.42 Å². The number of carbonyl (C=O) groups excluding carboxylic acids is 1. The molecule has 3 rings (SSSR count). The van der Waals surface area contributed by atoms with Gasteiger partial charge in [0.1, 0.15) is 11.5 Å². The smallest absolute Gasteiger partial charge is 0.265 e. The van der Waals surface area contributed by atoms with E-state index < -0.39 is 22.0 Å². The minimum atomic E-state index is -3.66. The normalized spacial score (nSPS) is 15.4. The number of amides is 1. The maximum atomic E-state index is 13.0. The van der Waals surface area contributed by atoms with Crippen LogP contribution in [0.15, 0.2) is 47.4 Å². The summed E-state index contributed by atoms with van der Waals surface area (Å²) in [6.07, 6.45) is 1.83. The van der Waals surface area contributed by atoms with Crippen molar-refractivity contribution in [3.05, 3.63) is 48.0 Å². The van der Waals surface area contributed by atoms with Crippen LogP contribution in [0.25, 0.3) is 0 Å². The Kier molecular flexibility index (Phi) is 7.72. The minimum Gasteiger partial charge on any atom is -0.492 e. The fourth-order valence-electron chi connectivity index (χ4n) is 3.40. The van der Waals surface area contributed by atoms with Gasteiger partial charge in [0.2, 0.25) is 10.0 Å². The van der Waals surface area contributed by atoms with Gasteiger partial charge in [-0.15, -0.1) is 0 Å². The van der Waals surface area contributed by atoms with E-state index in [1.165, 1.54) is 16.4 Å². The number of anilines is 1. The van der Waals surface area contributed by atoms with Gasteiger partial charge in [-0.3, -0.25) is 4.79 Å². The second-order valence-corrected chi connectivity index (χ2v) is 9.38. The summed E-state index contributed by atoms with van der Waals surface area (Å²) < 4.78 is 38.8. The third-order valence-corrected chi connectivity index (χ3v) is 7.02. The number of nitriles is 1. The van der Waals surface area contributed by atoms with Crippen LogP contribution in [0.1, 0.15) is 38.7 Å². The third kappa shape index (κ3) is 5.58. The fourth-order valence-corrected chi connectivity index (χ4v) is 4.95. The number of hydrogen-bond donors (Lipinski definition) is 1. The number of ether oxygens (including phenoxy) is 2. The Balaban J connectivity index is 1.79. The van der Waals surface area contributed by atoms with Crippen LogP contribution in [0.4, 0.5) is 5.69 Å². The quantitative estimate of drug-likeness (QED) is 0.649. The Morgan fingerprint density at radius 2 is 1.84 bits per heavy atom. The minimum absolute atomic E-state index is 0.110. The van der Waals surface area contributed by atoms with E-state index >= 15 is 0 Å². The second kappa shape index (κ2) is 10.5. The fraction of sp³-hybridized carbons (Fsp3) is 0.391. The molecule has 1 saturated heterocycles. The second-order valence-electron chi connectivity index (χ2n) is 7.44. The van der Waals surface area contributed by atoms with Gasteiger partial charge >= 0.3 is 0 Å². The SMILES string of the molecule is CCOc1ccc(S(=O)(=O)N2CCCCC2)cc1NC(=O)C(C)Oc1ccc(C#N)cc1. The first kappa shape index (κ1) is 23.6. The van der Waals surface area contributed by atoms with Crippen LogP contribution in [0.5, 0.6) is 11.5 Å². The molecule has 0 aromatic heterocycles. The first-order valence-corrected chi connectivity index (χ1v) is 12.0. The van der Waals surface area contributed by atoms with E-state index in [0.29, 0.717) is 36.8 Å². The number of hydrogen-bond acceptors (Lipinski definition) is 6. The highest BCUT2D eigenvalue weighted by Crippen LogP contribution is 2.30. The molecule has 1 N–H and O–H groups in total. The highest BCUT2D eigenvalue weighted by Gasteiger charge is 2.27. The molecule has 8 nitrogen and oxygen atoms in total. The van der Waals surface area contributed by atoms with Crippen LogP contribution < -0.4 is 14.8 Å². The summed E-state index contributed by atoms with van der Waals surface area (Å²) in [5, 5.41) is 11.6. The van der Waals surface area contributed by atoms with Gasteiger partial charge in [-0.2, -0.15) is 9.57 Å². The lowest BCUT2D eigenvalue weighted by Crippen LogP contribution is -2.35. The van der Waals surface area contributed by atoms with Gasteiger partial charge < -0.3 is 14.8 Å². The predicted molar refractivity (Wildman–Crippen MR) is 120 cm³/mol. The summed E-state index contributed by atoms with van der Waals surface area (Å²) in [4.78, 5) is 12.9. The van der Waals surface area contributed by atoms with Crippen molar-refractivity contribution < 1.29 is 22.7 Å². The van der Waals surface area contributed by atoms with Crippen LogP contribution in [0, 0.1) is 11.3 Å². The van der Waals surface area contributed by atoms with E-state index in [4.69, 9.17) is 14.7 Å². The Morgan fingerprint density at radius 1 is 1.16 bits per heavy atom. The molecule has 2 aromatic rings. The van der Waals surface area contributed by atoms with Crippen molar-refractivity contribution >= 4 is 21.6 Å². The number of carbonyl (C=O) groups is 1. The molecule has 1 fully saturated rings. The highest BCUT2D eigenvalue weighted by atomic mass is 32.2. The summed E-state index contributed by atoms with van der Waals surface area (Å²) in [5.41, 5.74) is 0.757. The van der Waals surface area contributed by atoms with Crippen LogP contribution in [-0.4, -0.2) is 44.4 Å². The van der Waals surface area contributed by atoms with E-state index in [2.05, 4.69) is 5.32 Å². The molecule has 1 atom stereocenters. The molecule has 9 heteroatoms. The van der Waals surface area contributed by atoms with Gasteiger partial charge in [-0.1, -0.05) is 6.42 Å². The number of nitrogens with zero attached hydrogens (tertiary/aromatic N) is 2. The van der Waals surface area contributed by atoms with Crippen LogP contribution in [0.2, 0.25) is 0 Å². The molecule has 1 unspecified atom stereocenters. The van der Waals surface area contributed by atoms with E-state index in [1.807, 2.05) is 6.07 Å². The van der Waals surface area contributed by atoms with Gasteiger partial charge in [0.25, 0.3) is 5.91 Å². The van der Waals surface area contributed by atoms with Crippen molar-refractivity contribution in [3.8, 4) is 17.6 Å². The molecule has 0 spiro atoms. The summed E-state index contributed by atoms with van der Waals surface area (Å²) in [5.74, 6) is 0.366. The van der Waals surface area contributed by atoms with Gasteiger partial charge in [0.05, 0.1) is 28.8 Å². The van der Waals surface area contributed by atoms with Crippen molar-refractivity contribution in [2.24, 2.45) is 0 Å². The molecule has 1 amide bonds. The van der Waals surface area contributed by atoms with Gasteiger partial charge in [-0.05, 0) is 69.2 Å². The number of nitrogens with one attached hydrogen (secondary N) is 1. The summed E-state index contributed by atoms with van der Waals surface area (Å²) in [7, 11) is -3.66. The van der Waals surface area contributed by atoms with Crippen LogP contribution in [-0.2, 0) is 14.8 Å². The Hall–Kier alpha value is -3.09. The van der Waals surface area contributed by atoms with Crippen molar-refractivity contribution in [2.45, 2.75) is 44.1 Å². The van der Waals surface area contributed by atoms with Crippen molar-refractivity contribution in [1.82, 2.24) is 4.31 Å². The first-order valence-electron chi connectivity index (χ1n) is 10.6. The summed E-state index contributed by atoms with van der Waals surface area (Å²) in [6.45, 7) is 4.74. The average molecular weight is 458 g/mol. The van der Waals surface area contributed by atoms with Crippen molar-refractivity contribution in [3.63, 3.8) is 0 Å². The third-order valence-electron chi connectivity index (χ3n) is 5.13. The van der Waals surface area contributed by atoms with E-state index in [1.54, 1.807) is 44.2 Å². The number of piperidine rings is 1. The lowest BCUT2D eigenvalue weighted by atomic mass is 10.2. The van der Waals surface area contributed by atoms with Crippen LogP contribution in [0.3, 0.4) is 0 Å². The molecule has 2 aromatic carbocycles. The Labute approximate surface area is 188 Å². The van der Waals surface area contributed by atoms with Crippen molar-refractivity contribution in [2.75, 3.05) is 25.0 Å². The number of benzene rings is 2. The number of rotatable bonds is 8. The maximum absolute atomic E-state index is 13.0. The molecule has 0 aliphatic carbocycles. The zero-order chi connectivity index (χ0) is 23.1. The largest absolute Gasteiger partial charge is 0.492 e. The molecule has 0 saturated carbocycles. The predicted octanol–water partition coefficient (Wildman–Crippen LogP) is 3.54. The van der Waals surface area contributed by atoms with E-state index in [0.717, 1.165) is 19.3 Å². The Morgan fingerprint density at radius 3 is 2.47 bits per heavy atom. The van der Waals surface area contributed by atoms with Gasteiger partial charge in [0.15, 0.2) is 6.10 Å². The molecule has 32 heavy (non-hydrogen) atoms. The summed E-state index contributed by atoms with van der Waals surface area (Å²) >= 11 is 0. The lowest BCUT2D eigenvalue weighted by Gasteiger charge is -2.26. The van der Waals surface area contributed by atoms with E-state index in [-0.39, 0.29) is 10.6 Å². The average Bonchev–Trinajstić information content (AvgIpc) is 2.81. The molecular weight excluding hydrogens is 430 g/mol. The van der Waals surface area contributed by atoms with Gasteiger partial charge in [0, 0.05) is 13.1 Å². The topological polar surface area (TPSA) is 109 Å². The Bertz CT molecular complexity index is 1090. The molecular formula is C23H27N3O5S. The summed E-state index contributed by atoms with van der Waals surface area (Å²) in [6, 6.07) is 12.9. The highest BCUT2D eigenvalue weighted by molar-refractivity contribution is 7.89. The number of sulfonamides is 1. The molecule has 170 valence electrons. The molecule has 0 bridgehead atoms. The van der Waals surface area contributed by atoms with Crippen molar-refractivity contribution in [1.29, 1.82) is 5.26 Å². The monoisotopic (exact) mass is 457 g/mol. The van der Waals surface area contributed by atoms with Crippen LogP contribution >= 0.6 is 0 Å².